The van der Waals surface area contributed by atoms with Crippen LogP contribution in [0, 0.1) is 0 Å². The summed E-state index contributed by atoms with van der Waals surface area (Å²) in [5.41, 5.74) is 8.60. The fraction of sp³-hybridized carbons (Fsp3) is 0.308. The van der Waals surface area contributed by atoms with Crippen molar-refractivity contribution in [2.75, 3.05) is 39.5 Å². The van der Waals surface area contributed by atoms with Crippen LogP contribution in [0.4, 0.5) is 5.82 Å². The summed E-state index contributed by atoms with van der Waals surface area (Å²) < 4.78 is 7.85. The lowest BCUT2D eigenvalue weighted by Crippen LogP contribution is -2.44. The zero-order valence-electron chi connectivity index (χ0n) is 20.0. The number of benzene rings is 2. The van der Waals surface area contributed by atoms with Crippen molar-refractivity contribution < 1.29 is 9.53 Å². The largest absolute Gasteiger partial charge is 0.457 e. The van der Waals surface area contributed by atoms with Crippen molar-refractivity contribution in [2.45, 2.75) is 18.9 Å². The number of nitrogens with two attached hydrogens (primary N) is 1. The maximum Gasteiger partial charge on any atom is 0.236 e. The average Bonchev–Trinajstić information content (AvgIpc) is 3.26. The summed E-state index contributed by atoms with van der Waals surface area (Å²) in [4.78, 5) is 25.3. The predicted molar refractivity (Wildman–Crippen MR) is 135 cm³/mol. The first-order valence-electron chi connectivity index (χ1n) is 11.7. The number of ether oxygens (including phenoxy) is 1. The molecule has 1 amide bonds. The van der Waals surface area contributed by atoms with E-state index in [0.29, 0.717) is 24.6 Å². The molecule has 1 aliphatic heterocycles. The van der Waals surface area contributed by atoms with Gasteiger partial charge >= 0.3 is 0 Å². The van der Waals surface area contributed by atoms with Gasteiger partial charge in [-0.15, -0.1) is 0 Å². The molecule has 0 bridgehead atoms. The lowest BCUT2D eigenvalue weighted by molar-refractivity contribution is -0.133. The number of hydrogen-bond donors (Lipinski definition) is 1. The van der Waals surface area contributed by atoms with E-state index in [1.807, 2.05) is 83.2 Å². The Bertz CT molecular complexity index is 1320. The van der Waals surface area contributed by atoms with Gasteiger partial charge in [-0.1, -0.05) is 18.2 Å². The first-order valence-corrected chi connectivity index (χ1v) is 11.7. The van der Waals surface area contributed by atoms with Gasteiger partial charge in [-0.25, -0.2) is 14.6 Å². The van der Waals surface area contributed by atoms with Gasteiger partial charge in [-0.2, -0.15) is 5.10 Å². The zero-order valence-corrected chi connectivity index (χ0v) is 20.0. The number of piperidine rings is 1. The molecule has 1 aliphatic rings. The van der Waals surface area contributed by atoms with Crippen LogP contribution in [0.5, 0.6) is 11.5 Å². The maximum atomic E-state index is 12.7. The van der Waals surface area contributed by atoms with Gasteiger partial charge in [0.05, 0.1) is 18.0 Å². The highest BCUT2D eigenvalue weighted by Crippen LogP contribution is 2.34. The van der Waals surface area contributed by atoms with Crippen molar-refractivity contribution in [2.24, 2.45) is 0 Å². The van der Waals surface area contributed by atoms with Gasteiger partial charge in [0.2, 0.25) is 5.91 Å². The minimum atomic E-state index is 0.0149. The molecule has 2 aromatic carbocycles. The molecular formula is C26H29N7O2. The molecule has 0 unspecified atom stereocenters. The molecule has 9 nitrogen and oxygen atoms in total. The molecule has 2 aromatic heterocycles. The van der Waals surface area contributed by atoms with Crippen LogP contribution in [0.1, 0.15) is 18.9 Å². The molecule has 2 N–H and O–H groups in total. The maximum absolute atomic E-state index is 12.7. The number of nitrogen functional groups attached to an aromatic ring is 1. The van der Waals surface area contributed by atoms with Crippen LogP contribution < -0.4 is 10.5 Å². The molecule has 5 rings (SSSR count). The van der Waals surface area contributed by atoms with Gasteiger partial charge in [0.15, 0.2) is 5.65 Å². The Balaban J connectivity index is 1.46. The van der Waals surface area contributed by atoms with Crippen molar-refractivity contribution in [1.29, 1.82) is 0 Å². The number of likely N-dealkylation sites (tertiary alicyclic amines) is 1. The summed E-state index contributed by atoms with van der Waals surface area (Å²) in [6.45, 7) is 1.75. The third kappa shape index (κ3) is 4.81. The third-order valence-electron chi connectivity index (χ3n) is 6.17. The van der Waals surface area contributed by atoms with Crippen LogP contribution in [-0.4, -0.2) is 69.2 Å². The Morgan fingerprint density at radius 3 is 2.57 bits per heavy atom. The van der Waals surface area contributed by atoms with E-state index in [-0.39, 0.29) is 11.9 Å². The van der Waals surface area contributed by atoms with Crippen LogP contribution in [0.2, 0.25) is 0 Å². The molecule has 0 spiro atoms. The fourth-order valence-corrected chi connectivity index (χ4v) is 4.51. The predicted octanol–water partition coefficient (Wildman–Crippen LogP) is 3.59. The van der Waals surface area contributed by atoms with Gasteiger partial charge in [-0.05, 0) is 63.3 Å². The highest BCUT2D eigenvalue weighted by Gasteiger charge is 2.28. The van der Waals surface area contributed by atoms with Crippen LogP contribution >= 0.6 is 0 Å². The topological polar surface area (TPSA) is 102 Å². The summed E-state index contributed by atoms with van der Waals surface area (Å²) in [6.07, 6.45) is 3.29. The summed E-state index contributed by atoms with van der Waals surface area (Å²) in [5.74, 6) is 2.02. The molecule has 0 aliphatic carbocycles. The van der Waals surface area contributed by atoms with Gasteiger partial charge in [0.1, 0.15) is 29.3 Å². The van der Waals surface area contributed by atoms with Crippen molar-refractivity contribution in [3.05, 3.63) is 60.9 Å². The molecule has 1 fully saturated rings. The van der Waals surface area contributed by atoms with Gasteiger partial charge in [0.25, 0.3) is 0 Å². The minimum Gasteiger partial charge on any atom is -0.457 e. The number of fused-ring (bicyclic) bond motifs is 1. The normalized spacial score (nSPS) is 16.1. The number of anilines is 1. The zero-order chi connectivity index (χ0) is 24.4. The molecule has 0 saturated carbocycles. The molecule has 3 heterocycles. The van der Waals surface area contributed by atoms with Crippen molar-refractivity contribution in [3.63, 3.8) is 0 Å². The number of hydrogen-bond acceptors (Lipinski definition) is 7. The number of aromatic nitrogens is 4. The molecule has 4 aromatic rings. The first-order chi connectivity index (χ1) is 17.0. The SMILES string of the molecule is CN(C)CC(=O)N1CCC[C@H](n2nc(-c3ccc(Oc4ccccc4)cc3)c3c(N)ncnc32)C1. The number of nitrogens with zero attached hydrogens (tertiary/aromatic N) is 6. The van der Waals surface area contributed by atoms with E-state index in [2.05, 4.69) is 9.97 Å². The Labute approximate surface area is 204 Å². The highest BCUT2D eigenvalue weighted by molar-refractivity contribution is 5.98. The van der Waals surface area contributed by atoms with Crippen molar-refractivity contribution in [3.8, 4) is 22.8 Å². The Morgan fingerprint density at radius 2 is 1.83 bits per heavy atom. The monoisotopic (exact) mass is 471 g/mol. The van der Waals surface area contributed by atoms with E-state index >= 15 is 0 Å². The molecule has 35 heavy (non-hydrogen) atoms. The van der Waals surface area contributed by atoms with Gasteiger partial charge < -0.3 is 20.3 Å². The van der Waals surface area contributed by atoms with E-state index in [4.69, 9.17) is 15.6 Å². The minimum absolute atomic E-state index is 0.0149. The summed E-state index contributed by atoms with van der Waals surface area (Å²) >= 11 is 0. The Morgan fingerprint density at radius 1 is 1.09 bits per heavy atom. The number of para-hydroxylation sites is 1. The van der Waals surface area contributed by atoms with Crippen LogP contribution in [0.15, 0.2) is 60.9 Å². The summed E-state index contributed by atoms with van der Waals surface area (Å²) in [6, 6.07) is 17.4. The molecule has 1 saturated heterocycles. The summed E-state index contributed by atoms with van der Waals surface area (Å²) in [7, 11) is 3.81. The number of amides is 1. The van der Waals surface area contributed by atoms with Gasteiger partial charge in [-0.3, -0.25) is 4.79 Å². The van der Waals surface area contributed by atoms with Crippen LogP contribution in [0.25, 0.3) is 22.3 Å². The molecule has 9 heteroatoms. The lowest BCUT2D eigenvalue weighted by Gasteiger charge is -2.33. The molecule has 180 valence electrons. The van der Waals surface area contributed by atoms with E-state index in [1.165, 1.54) is 6.33 Å². The van der Waals surface area contributed by atoms with E-state index in [0.717, 1.165) is 47.5 Å². The summed E-state index contributed by atoms with van der Waals surface area (Å²) in [5, 5.41) is 5.68. The Kier molecular flexibility index (Phi) is 6.33. The third-order valence-corrected chi connectivity index (χ3v) is 6.17. The molecule has 0 radical (unpaired) electrons. The molecule has 1 atom stereocenters. The van der Waals surface area contributed by atoms with Crippen LogP contribution in [-0.2, 0) is 4.79 Å². The fourth-order valence-electron chi connectivity index (χ4n) is 4.51. The van der Waals surface area contributed by atoms with E-state index in [9.17, 15) is 4.79 Å². The Hall–Kier alpha value is -3.98. The second-order valence-corrected chi connectivity index (χ2v) is 9.06. The smallest absolute Gasteiger partial charge is 0.236 e. The van der Waals surface area contributed by atoms with Crippen molar-refractivity contribution in [1.82, 2.24) is 29.5 Å². The van der Waals surface area contributed by atoms with E-state index in [1.54, 1.807) is 0 Å². The van der Waals surface area contributed by atoms with Gasteiger partial charge in [0, 0.05) is 18.7 Å². The number of carbonyl (C=O) groups is 1. The van der Waals surface area contributed by atoms with Crippen molar-refractivity contribution >= 4 is 22.8 Å². The average molecular weight is 472 g/mol. The second kappa shape index (κ2) is 9.71. The second-order valence-electron chi connectivity index (χ2n) is 9.06. The first kappa shape index (κ1) is 22.8. The van der Waals surface area contributed by atoms with E-state index < -0.39 is 0 Å². The number of likely N-dealkylation sites (N-methyl/N-ethyl adjacent to an activating group) is 1. The number of carbonyl (C=O) groups excluding carboxylic acids is 1. The highest BCUT2D eigenvalue weighted by atomic mass is 16.5. The van der Waals surface area contributed by atoms with Crippen LogP contribution in [0.3, 0.4) is 0 Å². The standard InChI is InChI=1S/C26H29N7O2/c1-31(2)16-22(34)32-14-6-7-19(15-32)33-26-23(25(27)28-17-29-26)24(30-33)18-10-12-21(13-11-18)35-20-8-4-3-5-9-20/h3-5,8-13,17,19H,6-7,14-16H2,1-2H3,(H2,27,28,29)/t19-/m0/s1. The quantitative estimate of drug-likeness (QED) is 0.458. The number of rotatable bonds is 6. The lowest BCUT2D eigenvalue weighted by atomic mass is 10.1. The molecular weight excluding hydrogens is 442 g/mol.